The monoisotopic (exact) mass is 257 g/mol. The highest BCUT2D eigenvalue weighted by atomic mass is 19.4. The molecule has 0 atom stereocenters. The molecule has 0 aromatic carbocycles. The summed E-state index contributed by atoms with van der Waals surface area (Å²) in [6, 6.07) is 0. The minimum Gasteiger partial charge on any atom is -0.495 e. The van der Waals surface area contributed by atoms with Gasteiger partial charge in [-0.3, -0.25) is 4.98 Å². The van der Waals surface area contributed by atoms with Crippen LogP contribution in [0.25, 0.3) is 0 Å². The zero-order valence-electron chi connectivity index (χ0n) is 8.55. The number of rotatable bonds is 3. The van der Waals surface area contributed by atoms with Gasteiger partial charge in [-0.05, 0) is 0 Å². The van der Waals surface area contributed by atoms with Crippen molar-refractivity contribution in [3.8, 4) is 5.75 Å². The van der Waals surface area contributed by atoms with Crippen LogP contribution in [0.1, 0.15) is 23.2 Å². The summed E-state index contributed by atoms with van der Waals surface area (Å²) >= 11 is 0. The zero-order valence-corrected chi connectivity index (χ0v) is 8.55. The van der Waals surface area contributed by atoms with Crippen LogP contribution in [0.2, 0.25) is 0 Å². The van der Waals surface area contributed by atoms with Gasteiger partial charge in [0.25, 0.3) is 6.43 Å². The maximum Gasteiger partial charge on any atom is 0.418 e. The third kappa shape index (κ3) is 2.63. The van der Waals surface area contributed by atoms with E-state index < -0.39 is 41.8 Å². The molecule has 0 saturated carbocycles. The number of halogens is 5. The largest absolute Gasteiger partial charge is 0.495 e. The predicted octanol–water partition coefficient (Wildman–Crippen LogP) is 2.54. The normalized spacial score (nSPS) is 12.0. The number of aliphatic hydroxyl groups is 1. The predicted molar refractivity (Wildman–Crippen MR) is 46.7 cm³/mol. The molecule has 0 aliphatic heterocycles. The van der Waals surface area contributed by atoms with Crippen molar-refractivity contribution in [1.82, 2.24) is 4.98 Å². The van der Waals surface area contributed by atoms with Crippen molar-refractivity contribution in [3.63, 3.8) is 0 Å². The van der Waals surface area contributed by atoms with Crippen LogP contribution in [0.15, 0.2) is 6.20 Å². The van der Waals surface area contributed by atoms with Crippen molar-refractivity contribution in [2.24, 2.45) is 0 Å². The summed E-state index contributed by atoms with van der Waals surface area (Å²) in [6.45, 7) is -1.08. The van der Waals surface area contributed by atoms with Crippen molar-refractivity contribution in [2.45, 2.75) is 19.2 Å². The molecule has 0 fully saturated rings. The Morgan fingerprint density at radius 3 is 2.35 bits per heavy atom. The van der Waals surface area contributed by atoms with Crippen molar-refractivity contribution in [2.75, 3.05) is 7.11 Å². The summed E-state index contributed by atoms with van der Waals surface area (Å²) in [5, 5.41) is 8.70. The van der Waals surface area contributed by atoms with Crippen LogP contribution in [0.3, 0.4) is 0 Å². The highest BCUT2D eigenvalue weighted by Gasteiger charge is 2.40. The first-order chi connectivity index (χ1) is 7.82. The Morgan fingerprint density at radius 1 is 1.41 bits per heavy atom. The van der Waals surface area contributed by atoms with Crippen LogP contribution in [0.4, 0.5) is 22.0 Å². The van der Waals surface area contributed by atoms with Crippen LogP contribution in [0, 0.1) is 0 Å². The second kappa shape index (κ2) is 4.82. The van der Waals surface area contributed by atoms with Crippen molar-refractivity contribution < 1.29 is 31.8 Å². The molecule has 1 heterocycles. The van der Waals surface area contributed by atoms with E-state index in [1.165, 1.54) is 0 Å². The number of alkyl halides is 5. The van der Waals surface area contributed by atoms with E-state index in [4.69, 9.17) is 5.11 Å². The van der Waals surface area contributed by atoms with Gasteiger partial charge in [0.05, 0.1) is 36.7 Å². The molecule has 0 saturated heterocycles. The molecule has 0 aliphatic rings. The number of hydrogen-bond acceptors (Lipinski definition) is 3. The van der Waals surface area contributed by atoms with Crippen LogP contribution < -0.4 is 4.74 Å². The molecule has 0 unspecified atom stereocenters. The maximum absolute atomic E-state index is 12.6. The van der Waals surface area contributed by atoms with Gasteiger partial charge in [-0.25, -0.2) is 8.78 Å². The van der Waals surface area contributed by atoms with E-state index in [1.807, 2.05) is 0 Å². The highest BCUT2D eigenvalue weighted by Crippen LogP contribution is 2.42. The van der Waals surface area contributed by atoms with Crippen molar-refractivity contribution >= 4 is 0 Å². The van der Waals surface area contributed by atoms with Gasteiger partial charge in [0.15, 0.2) is 0 Å². The Kier molecular flexibility index (Phi) is 3.87. The molecule has 0 radical (unpaired) electrons. The fourth-order valence-corrected chi connectivity index (χ4v) is 1.36. The molecule has 17 heavy (non-hydrogen) atoms. The fraction of sp³-hybridized carbons (Fsp3) is 0.444. The molecule has 1 N–H and O–H groups in total. The zero-order chi connectivity index (χ0) is 13.2. The van der Waals surface area contributed by atoms with E-state index in [2.05, 4.69) is 9.72 Å². The number of nitrogens with zero attached hydrogens (tertiary/aromatic N) is 1. The lowest BCUT2D eigenvalue weighted by molar-refractivity contribution is -0.141. The Morgan fingerprint density at radius 2 is 2.00 bits per heavy atom. The summed E-state index contributed by atoms with van der Waals surface area (Å²) in [7, 11) is 0.960. The quantitative estimate of drug-likeness (QED) is 0.846. The van der Waals surface area contributed by atoms with Crippen LogP contribution >= 0.6 is 0 Å². The van der Waals surface area contributed by atoms with Crippen LogP contribution in [-0.2, 0) is 12.8 Å². The number of aliphatic hydroxyl groups excluding tert-OH is 1. The Bertz CT molecular complexity index is 405. The lowest BCUT2D eigenvalue weighted by Crippen LogP contribution is -2.16. The van der Waals surface area contributed by atoms with E-state index in [0.717, 1.165) is 13.3 Å². The summed E-state index contributed by atoms with van der Waals surface area (Å²) in [6.07, 6.45) is -7.69. The summed E-state index contributed by atoms with van der Waals surface area (Å²) < 4.78 is 67.6. The summed E-state index contributed by atoms with van der Waals surface area (Å²) in [5.74, 6) is -0.662. The lowest BCUT2D eigenvalue weighted by Gasteiger charge is -2.17. The molecule has 0 spiro atoms. The van der Waals surface area contributed by atoms with Gasteiger partial charge in [-0.2, -0.15) is 13.2 Å². The summed E-state index contributed by atoms with van der Waals surface area (Å²) in [4.78, 5) is 3.25. The number of ether oxygens (including phenoxy) is 1. The van der Waals surface area contributed by atoms with E-state index in [0.29, 0.717) is 0 Å². The first kappa shape index (κ1) is 13.6. The van der Waals surface area contributed by atoms with Gasteiger partial charge >= 0.3 is 6.18 Å². The minimum absolute atomic E-state index is 0.662. The average Bonchev–Trinajstić information content (AvgIpc) is 2.25. The number of methoxy groups -OCH3 is 1. The van der Waals surface area contributed by atoms with E-state index in [9.17, 15) is 22.0 Å². The van der Waals surface area contributed by atoms with Gasteiger partial charge in [-0.15, -0.1) is 0 Å². The second-order valence-corrected chi connectivity index (χ2v) is 3.02. The van der Waals surface area contributed by atoms with Gasteiger partial charge < -0.3 is 9.84 Å². The van der Waals surface area contributed by atoms with E-state index in [1.54, 1.807) is 0 Å². The Hall–Kier alpha value is -1.44. The fourth-order valence-electron chi connectivity index (χ4n) is 1.36. The molecule has 0 bridgehead atoms. The Balaban J connectivity index is 3.59. The SMILES string of the molecule is COc1cnc(CO)c(C(F)(F)F)c1C(F)F. The molecule has 3 nitrogen and oxygen atoms in total. The average molecular weight is 257 g/mol. The molecule has 1 aromatic rings. The molecule has 1 aromatic heterocycles. The standard InChI is InChI=1S/C9H8F5NO2/c1-17-5-2-15-4(3-16)7(9(12,13)14)6(5)8(10)11/h2,8,16H,3H2,1H3. The first-order valence-electron chi connectivity index (χ1n) is 4.34. The minimum atomic E-state index is -5.04. The highest BCUT2D eigenvalue weighted by molar-refractivity contribution is 5.43. The third-order valence-corrected chi connectivity index (χ3v) is 2.03. The van der Waals surface area contributed by atoms with E-state index in [-0.39, 0.29) is 0 Å². The molecular formula is C9H8F5NO2. The number of hydrogen-bond donors (Lipinski definition) is 1. The third-order valence-electron chi connectivity index (χ3n) is 2.03. The molecule has 0 aliphatic carbocycles. The number of aromatic nitrogens is 1. The lowest BCUT2D eigenvalue weighted by atomic mass is 10.1. The second-order valence-electron chi connectivity index (χ2n) is 3.02. The van der Waals surface area contributed by atoms with Crippen LogP contribution in [0.5, 0.6) is 5.75 Å². The summed E-state index contributed by atoms with van der Waals surface area (Å²) in [5.41, 5.74) is -3.80. The smallest absolute Gasteiger partial charge is 0.418 e. The van der Waals surface area contributed by atoms with Gasteiger partial charge in [-0.1, -0.05) is 0 Å². The molecular weight excluding hydrogens is 249 g/mol. The van der Waals surface area contributed by atoms with Gasteiger partial charge in [0.2, 0.25) is 0 Å². The number of pyridine rings is 1. The topological polar surface area (TPSA) is 42.4 Å². The van der Waals surface area contributed by atoms with Crippen molar-refractivity contribution in [1.29, 1.82) is 0 Å². The molecule has 96 valence electrons. The van der Waals surface area contributed by atoms with Crippen LogP contribution in [-0.4, -0.2) is 17.2 Å². The van der Waals surface area contributed by atoms with E-state index >= 15 is 0 Å². The molecule has 1 rings (SSSR count). The van der Waals surface area contributed by atoms with Gasteiger partial charge in [0.1, 0.15) is 5.75 Å². The van der Waals surface area contributed by atoms with Gasteiger partial charge in [0, 0.05) is 0 Å². The Labute approximate surface area is 92.8 Å². The molecule has 0 amide bonds. The first-order valence-corrected chi connectivity index (χ1v) is 4.34. The maximum atomic E-state index is 12.6. The molecule has 8 heteroatoms. The van der Waals surface area contributed by atoms with Crippen molar-refractivity contribution in [3.05, 3.63) is 23.0 Å².